The van der Waals surface area contributed by atoms with Crippen LogP contribution in [0.2, 0.25) is 0 Å². The SMILES string of the molecule is Cc1cc(C)cc(OCCCn2ncc3ccc([N+](=O)[O-])cc32)c1. The fourth-order valence-electron chi connectivity index (χ4n) is 2.77. The zero-order chi connectivity index (χ0) is 17.1. The molecule has 0 saturated carbocycles. The third kappa shape index (κ3) is 3.53. The van der Waals surface area contributed by atoms with Crippen molar-refractivity contribution in [2.24, 2.45) is 0 Å². The Morgan fingerprint density at radius 3 is 2.62 bits per heavy atom. The van der Waals surface area contributed by atoms with Crippen molar-refractivity contribution in [2.45, 2.75) is 26.8 Å². The molecule has 6 nitrogen and oxygen atoms in total. The van der Waals surface area contributed by atoms with Gasteiger partial charge in [0, 0.05) is 30.5 Å². The number of non-ortho nitro benzene ring substituents is 1. The zero-order valence-corrected chi connectivity index (χ0v) is 13.7. The summed E-state index contributed by atoms with van der Waals surface area (Å²) in [5.41, 5.74) is 3.21. The summed E-state index contributed by atoms with van der Waals surface area (Å²) in [6.07, 6.45) is 2.50. The topological polar surface area (TPSA) is 70.2 Å². The fraction of sp³-hybridized carbons (Fsp3) is 0.278. The van der Waals surface area contributed by atoms with Crippen LogP contribution in [-0.2, 0) is 6.54 Å². The third-order valence-electron chi connectivity index (χ3n) is 3.82. The number of ether oxygens (including phenoxy) is 1. The van der Waals surface area contributed by atoms with Gasteiger partial charge in [-0.3, -0.25) is 14.8 Å². The molecule has 0 radical (unpaired) electrons. The van der Waals surface area contributed by atoms with Gasteiger partial charge >= 0.3 is 0 Å². The van der Waals surface area contributed by atoms with E-state index in [9.17, 15) is 10.1 Å². The molecule has 0 aliphatic heterocycles. The molecular formula is C18H19N3O3. The average Bonchev–Trinajstić information content (AvgIpc) is 2.93. The van der Waals surface area contributed by atoms with Gasteiger partial charge in [0.15, 0.2) is 0 Å². The Hall–Kier alpha value is -2.89. The third-order valence-corrected chi connectivity index (χ3v) is 3.82. The maximum atomic E-state index is 10.9. The minimum absolute atomic E-state index is 0.0794. The van der Waals surface area contributed by atoms with Crippen molar-refractivity contribution in [3.05, 3.63) is 63.8 Å². The summed E-state index contributed by atoms with van der Waals surface area (Å²) in [7, 11) is 0. The second kappa shape index (κ2) is 6.70. The van der Waals surface area contributed by atoms with E-state index >= 15 is 0 Å². The molecule has 0 amide bonds. The van der Waals surface area contributed by atoms with E-state index in [4.69, 9.17) is 4.74 Å². The maximum absolute atomic E-state index is 10.9. The van der Waals surface area contributed by atoms with E-state index < -0.39 is 0 Å². The van der Waals surface area contributed by atoms with Crippen LogP contribution in [0.25, 0.3) is 10.9 Å². The van der Waals surface area contributed by atoms with Crippen LogP contribution in [0.1, 0.15) is 17.5 Å². The van der Waals surface area contributed by atoms with E-state index in [-0.39, 0.29) is 10.6 Å². The summed E-state index contributed by atoms with van der Waals surface area (Å²) in [5, 5.41) is 16.1. The Morgan fingerprint density at radius 2 is 1.92 bits per heavy atom. The molecule has 6 heteroatoms. The van der Waals surface area contributed by atoms with Crippen LogP contribution in [0.5, 0.6) is 5.75 Å². The summed E-state index contributed by atoms with van der Waals surface area (Å²) in [6, 6.07) is 10.9. The van der Waals surface area contributed by atoms with Gasteiger partial charge in [0.2, 0.25) is 0 Å². The Kier molecular flexibility index (Phi) is 4.46. The van der Waals surface area contributed by atoms with Gasteiger partial charge in [-0.15, -0.1) is 0 Å². The highest BCUT2D eigenvalue weighted by Gasteiger charge is 2.10. The molecule has 0 spiro atoms. The number of aryl methyl sites for hydroxylation is 3. The Balaban J connectivity index is 1.63. The number of hydrogen-bond acceptors (Lipinski definition) is 4. The molecule has 3 aromatic rings. The number of fused-ring (bicyclic) bond motifs is 1. The Bertz CT molecular complexity index is 866. The molecule has 0 aliphatic rings. The normalized spacial score (nSPS) is 10.9. The highest BCUT2D eigenvalue weighted by atomic mass is 16.6. The van der Waals surface area contributed by atoms with Crippen molar-refractivity contribution in [3.8, 4) is 5.75 Å². The Morgan fingerprint density at radius 1 is 1.17 bits per heavy atom. The molecule has 0 saturated heterocycles. The van der Waals surface area contributed by atoms with Crippen LogP contribution in [-0.4, -0.2) is 21.3 Å². The summed E-state index contributed by atoms with van der Waals surface area (Å²) < 4.78 is 7.58. The van der Waals surface area contributed by atoms with Crippen LogP contribution < -0.4 is 4.74 Å². The zero-order valence-electron chi connectivity index (χ0n) is 13.7. The second-order valence-corrected chi connectivity index (χ2v) is 5.89. The lowest BCUT2D eigenvalue weighted by Gasteiger charge is -2.09. The number of nitro benzene ring substituents is 1. The molecule has 24 heavy (non-hydrogen) atoms. The van der Waals surface area contributed by atoms with Gasteiger partial charge in [-0.05, 0) is 43.2 Å². The van der Waals surface area contributed by atoms with Crippen LogP contribution in [0.3, 0.4) is 0 Å². The van der Waals surface area contributed by atoms with Gasteiger partial charge in [-0.1, -0.05) is 6.07 Å². The molecule has 1 aromatic heterocycles. The lowest BCUT2D eigenvalue weighted by atomic mass is 10.1. The van der Waals surface area contributed by atoms with Gasteiger partial charge in [0.25, 0.3) is 5.69 Å². The molecule has 3 rings (SSSR count). The van der Waals surface area contributed by atoms with Crippen molar-refractivity contribution in [1.82, 2.24) is 9.78 Å². The largest absolute Gasteiger partial charge is 0.494 e. The van der Waals surface area contributed by atoms with Crippen molar-refractivity contribution in [2.75, 3.05) is 6.61 Å². The highest BCUT2D eigenvalue weighted by molar-refractivity contribution is 5.80. The molecule has 0 fully saturated rings. The molecule has 0 N–H and O–H groups in total. The van der Waals surface area contributed by atoms with Gasteiger partial charge in [0.05, 0.1) is 23.2 Å². The van der Waals surface area contributed by atoms with E-state index in [1.165, 1.54) is 17.2 Å². The lowest BCUT2D eigenvalue weighted by molar-refractivity contribution is -0.384. The number of rotatable bonds is 6. The average molecular weight is 325 g/mol. The first-order chi connectivity index (χ1) is 11.5. The second-order valence-electron chi connectivity index (χ2n) is 5.89. The molecule has 1 heterocycles. The quantitative estimate of drug-likeness (QED) is 0.390. The fourth-order valence-corrected chi connectivity index (χ4v) is 2.77. The first-order valence-electron chi connectivity index (χ1n) is 7.84. The molecule has 124 valence electrons. The summed E-state index contributed by atoms with van der Waals surface area (Å²) in [6.45, 7) is 5.31. The van der Waals surface area contributed by atoms with Crippen molar-refractivity contribution in [3.63, 3.8) is 0 Å². The van der Waals surface area contributed by atoms with E-state index in [2.05, 4.69) is 11.2 Å². The van der Waals surface area contributed by atoms with E-state index in [1.54, 1.807) is 23.0 Å². The van der Waals surface area contributed by atoms with Crippen LogP contribution in [0, 0.1) is 24.0 Å². The molecule has 2 aromatic carbocycles. The van der Waals surface area contributed by atoms with Crippen molar-refractivity contribution < 1.29 is 9.66 Å². The van der Waals surface area contributed by atoms with Crippen molar-refractivity contribution in [1.29, 1.82) is 0 Å². The van der Waals surface area contributed by atoms with E-state index in [1.807, 2.05) is 26.0 Å². The molecule has 0 unspecified atom stereocenters. The van der Waals surface area contributed by atoms with Gasteiger partial charge < -0.3 is 4.74 Å². The standard InChI is InChI=1S/C18H19N3O3/c1-13-8-14(2)10-17(9-13)24-7-3-6-20-18-11-16(21(22)23)5-4-15(18)12-19-20/h4-5,8-12H,3,6-7H2,1-2H3. The van der Waals surface area contributed by atoms with Crippen LogP contribution in [0.4, 0.5) is 5.69 Å². The predicted molar refractivity (Wildman–Crippen MR) is 92.4 cm³/mol. The molecule has 0 atom stereocenters. The number of hydrogen-bond donors (Lipinski definition) is 0. The minimum Gasteiger partial charge on any atom is -0.494 e. The molecule has 0 aliphatic carbocycles. The molecule has 0 bridgehead atoms. The number of nitrogens with zero attached hydrogens (tertiary/aromatic N) is 3. The predicted octanol–water partition coefficient (Wildman–Crippen LogP) is 4.03. The smallest absolute Gasteiger partial charge is 0.271 e. The van der Waals surface area contributed by atoms with E-state index in [0.29, 0.717) is 13.2 Å². The first kappa shape index (κ1) is 16.0. The van der Waals surface area contributed by atoms with Crippen LogP contribution >= 0.6 is 0 Å². The van der Waals surface area contributed by atoms with Crippen LogP contribution in [0.15, 0.2) is 42.6 Å². The minimum atomic E-state index is -0.389. The molecular weight excluding hydrogens is 306 g/mol. The number of benzene rings is 2. The summed E-state index contributed by atoms with van der Waals surface area (Å²) in [5.74, 6) is 0.869. The van der Waals surface area contributed by atoms with Gasteiger partial charge in [0.1, 0.15) is 5.75 Å². The summed E-state index contributed by atoms with van der Waals surface area (Å²) >= 11 is 0. The number of aromatic nitrogens is 2. The summed E-state index contributed by atoms with van der Waals surface area (Å²) in [4.78, 5) is 10.5. The lowest BCUT2D eigenvalue weighted by Crippen LogP contribution is -2.06. The van der Waals surface area contributed by atoms with Gasteiger partial charge in [-0.2, -0.15) is 5.10 Å². The maximum Gasteiger partial charge on any atom is 0.271 e. The first-order valence-corrected chi connectivity index (χ1v) is 7.84. The number of nitro groups is 1. The highest BCUT2D eigenvalue weighted by Crippen LogP contribution is 2.21. The monoisotopic (exact) mass is 325 g/mol. The van der Waals surface area contributed by atoms with E-state index in [0.717, 1.165) is 23.1 Å². The van der Waals surface area contributed by atoms with Crippen molar-refractivity contribution >= 4 is 16.6 Å². The van der Waals surface area contributed by atoms with Gasteiger partial charge in [-0.25, -0.2) is 0 Å². The Labute approximate surface area is 139 Å².